The van der Waals surface area contributed by atoms with Gasteiger partial charge in [0, 0.05) is 27.6 Å². The highest BCUT2D eigenvalue weighted by molar-refractivity contribution is 6.14. The Morgan fingerprint density at radius 2 is 0.909 bits per heavy atom. The Morgan fingerprint density at radius 1 is 0.364 bits per heavy atom. The molecule has 55 heavy (non-hydrogen) atoms. The van der Waals surface area contributed by atoms with Crippen molar-refractivity contribution in [1.82, 2.24) is 0 Å². The predicted octanol–water partition coefficient (Wildman–Crippen LogP) is 14.2. The van der Waals surface area contributed by atoms with Crippen LogP contribution in [0.3, 0.4) is 0 Å². The molecule has 12 rings (SSSR count). The van der Waals surface area contributed by atoms with Gasteiger partial charge in [-0.2, -0.15) is 0 Å². The summed E-state index contributed by atoms with van der Waals surface area (Å²) in [6.07, 6.45) is 0. The summed E-state index contributed by atoms with van der Waals surface area (Å²) in [4.78, 5) is 2.50. The molecule has 0 amide bonds. The van der Waals surface area contributed by atoms with Gasteiger partial charge in [0.2, 0.25) is 0 Å². The average Bonchev–Trinajstić information content (AvgIpc) is 3.89. The van der Waals surface area contributed by atoms with E-state index in [1.165, 1.54) is 55.3 Å². The molecule has 2 nitrogen and oxygen atoms in total. The lowest BCUT2D eigenvalue weighted by atomic mass is 9.70. The fourth-order valence-electron chi connectivity index (χ4n) is 9.93. The number of para-hydroxylation sites is 2. The van der Waals surface area contributed by atoms with E-state index in [4.69, 9.17) is 4.42 Å². The second kappa shape index (κ2) is 11.4. The molecule has 10 aromatic rings. The third-order valence-electron chi connectivity index (χ3n) is 12.1. The molecule has 1 spiro atoms. The molecule has 0 saturated heterocycles. The van der Waals surface area contributed by atoms with Crippen LogP contribution in [0.1, 0.15) is 22.3 Å². The molecule has 256 valence electrons. The van der Waals surface area contributed by atoms with Crippen molar-refractivity contribution in [3.8, 4) is 33.4 Å². The number of nitrogens with zero attached hydrogens (tertiary/aromatic N) is 1. The predicted molar refractivity (Wildman–Crippen MR) is 228 cm³/mol. The largest absolute Gasteiger partial charge is 0.456 e. The summed E-state index contributed by atoms with van der Waals surface area (Å²) in [5.74, 6) is 0. The second-order valence-corrected chi connectivity index (χ2v) is 14.7. The number of rotatable bonds is 4. The van der Waals surface area contributed by atoms with E-state index in [1.807, 2.05) is 6.07 Å². The summed E-state index contributed by atoms with van der Waals surface area (Å²) < 4.78 is 6.43. The van der Waals surface area contributed by atoms with E-state index in [1.54, 1.807) is 0 Å². The van der Waals surface area contributed by atoms with Crippen molar-refractivity contribution >= 4 is 49.8 Å². The Bertz CT molecular complexity index is 3140. The van der Waals surface area contributed by atoms with Crippen LogP contribution in [-0.4, -0.2) is 0 Å². The fraction of sp³-hybridized carbons (Fsp3) is 0.0189. The lowest BCUT2D eigenvalue weighted by molar-refractivity contribution is 0.669. The van der Waals surface area contributed by atoms with Crippen LogP contribution in [-0.2, 0) is 5.41 Å². The number of hydrogen-bond donors (Lipinski definition) is 0. The first kappa shape index (κ1) is 30.3. The van der Waals surface area contributed by atoms with Crippen molar-refractivity contribution in [3.63, 3.8) is 0 Å². The molecule has 0 saturated carbocycles. The number of benzene rings is 9. The maximum Gasteiger partial charge on any atom is 0.136 e. The van der Waals surface area contributed by atoms with Gasteiger partial charge in [0.1, 0.15) is 11.2 Å². The molecule has 2 heteroatoms. The van der Waals surface area contributed by atoms with Gasteiger partial charge in [-0.25, -0.2) is 0 Å². The Kier molecular flexibility index (Phi) is 6.29. The quantitative estimate of drug-likeness (QED) is 0.182. The van der Waals surface area contributed by atoms with Crippen LogP contribution < -0.4 is 4.90 Å². The highest BCUT2D eigenvalue weighted by atomic mass is 16.3. The molecular formula is C53H33NO. The van der Waals surface area contributed by atoms with Crippen molar-refractivity contribution in [3.05, 3.63) is 222 Å². The van der Waals surface area contributed by atoms with E-state index in [0.29, 0.717) is 0 Å². The van der Waals surface area contributed by atoms with E-state index in [0.717, 1.165) is 50.1 Å². The van der Waals surface area contributed by atoms with Crippen LogP contribution in [0, 0.1) is 0 Å². The van der Waals surface area contributed by atoms with Gasteiger partial charge in [-0.1, -0.05) is 164 Å². The molecule has 0 atom stereocenters. The van der Waals surface area contributed by atoms with Gasteiger partial charge in [-0.05, 0) is 91.7 Å². The van der Waals surface area contributed by atoms with E-state index in [2.05, 4.69) is 199 Å². The van der Waals surface area contributed by atoms with Gasteiger partial charge in [0.05, 0.1) is 16.8 Å². The highest BCUT2D eigenvalue weighted by Gasteiger charge is 2.52. The SMILES string of the molecule is c1ccc(N(c2ccc3ccccc3c2)c2cccc3c2-c2ccccc2C32c3ccccc3-c3ccccc32)c(-c2cccc3oc4ccccc4c23)c1. The first-order valence-electron chi connectivity index (χ1n) is 19.0. The van der Waals surface area contributed by atoms with E-state index < -0.39 is 5.41 Å². The summed E-state index contributed by atoms with van der Waals surface area (Å²) in [6, 6.07) is 73.3. The van der Waals surface area contributed by atoms with Gasteiger partial charge in [-0.3, -0.25) is 0 Å². The second-order valence-electron chi connectivity index (χ2n) is 14.7. The van der Waals surface area contributed by atoms with Crippen molar-refractivity contribution in [2.45, 2.75) is 5.41 Å². The first-order chi connectivity index (χ1) is 27.3. The molecule has 1 aromatic heterocycles. The average molecular weight is 700 g/mol. The van der Waals surface area contributed by atoms with Gasteiger partial charge in [0.25, 0.3) is 0 Å². The molecule has 0 fully saturated rings. The van der Waals surface area contributed by atoms with Crippen LogP contribution in [0.15, 0.2) is 205 Å². The van der Waals surface area contributed by atoms with E-state index in [9.17, 15) is 0 Å². The summed E-state index contributed by atoms with van der Waals surface area (Å²) in [5, 5.41) is 4.67. The smallest absolute Gasteiger partial charge is 0.136 e. The summed E-state index contributed by atoms with van der Waals surface area (Å²) in [6.45, 7) is 0. The molecule has 0 bridgehead atoms. The highest BCUT2D eigenvalue weighted by Crippen LogP contribution is 2.64. The van der Waals surface area contributed by atoms with Crippen LogP contribution in [0.5, 0.6) is 0 Å². The standard InChI is InChI=1S/C53H33NO/c1-2-16-35-33-36(32-31-34(35)15-1)54(47-27-11-6-19-39(47)40-22-13-30-50-51(40)42-21-7-12-29-49(42)55-50)48-28-14-26-46-52(48)41-20-5-10-25-45(41)53(46)43-23-8-3-17-37(43)38-18-4-9-24-44(38)53/h1-33H. The third kappa shape index (κ3) is 4.08. The van der Waals surface area contributed by atoms with Crippen LogP contribution in [0.25, 0.3) is 66.1 Å². The van der Waals surface area contributed by atoms with Gasteiger partial charge < -0.3 is 9.32 Å². The minimum Gasteiger partial charge on any atom is -0.456 e. The number of fused-ring (bicyclic) bond motifs is 14. The molecule has 2 aliphatic rings. The van der Waals surface area contributed by atoms with Crippen molar-refractivity contribution in [1.29, 1.82) is 0 Å². The number of hydrogen-bond acceptors (Lipinski definition) is 2. The zero-order chi connectivity index (χ0) is 36.1. The van der Waals surface area contributed by atoms with Crippen molar-refractivity contribution < 1.29 is 4.42 Å². The Morgan fingerprint density at radius 3 is 1.71 bits per heavy atom. The maximum absolute atomic E-state index is 6.43. The molecule has 0 radical (unpaired) electrons. The van der Waals surface area contributed by atoms with Crippen molar-refractivity contribution in [2.24, 2.45) is 0 Å². The van der Waals surface area contributed by atoms with Crippen LogP contribution in [0.2, 0.25) is 0 Å². The van der Waals surface area contributed by atoms with Crippen LogP contribution in [0.4, 0.5) is 17.1 Å². The first-order valence-corrected chi connectivity index (χ1v) is 19.0. The molecule has 0 unspecified atom stereocenters. The fourth-order valence-corrected chi connectivity index (χ4v) is 9.93. The minimum absolute atomic E-state index is 0.439. The zero-order valence-corrected chi connectivity index (χ0v) is 29.9. The lowest BCUT2D eigenvalue weighted by Gasteiger charge is -2.32. The minimum atomic E-state index is -0.439. The van der Waals surface area contributed by atoms with Gasteiger partial charge in [0.15, 0.2) is 0 Å². The Labute approximate surface area is 319 Å². The van der Waals surface area contributed by atoms with Gasteiger partial charge >= 0.3 is 0 Å². The lowest BCUT2D eigenvalue weighted by Crippen LogP contribution is -2.26. The Hall–Kier alpha value is -7.16. The zero-order valence-electron chi connectivity index (χ0n) is 29.9. The molecule has 0 N–H and O–H groups in total. The molecular weight excluding hydrogens is 667 g/mol. The number of anilines is 3. The number of furan rings is 1. The molecule has 1 heterocycles. The van der Waals surface area contributed by atoms with Crippen molar-refractivity contribution in [2.75, 3.05) is 4.90 Å². The normalized spacial score (nSPS) is 13.2. The maximum atomic E-state index is 6.43. The Balaban J connectivity index is 1.19. The topological polar surface area (TPSA) is 16.4 Å². The monoisotopic (exact) mass is 699 g/mol. The van der Waals surface area contributed by atoms with Gasteiger partial charge in [-0.15, -0.1) is 0 Å². The molecule has 2 aliphatic carbocycles. The van der Waals surface area contributed by atoms with E-state index >= 15 is 0 Å². The van der Waals surface area contributed by atoms with Crippen LogP contribution >= 0.6 is 0 Å². The van der Waals surface area contributed by atoms with E-state index in [-0.39, 0.29) is 0 Å². The summed E-state index contributed by atoms with van der Waals surface area (Å²) >= 11 is 0. The third-order valence-corrected chi connectivity index (χ3v) is 12.1. The molecule has 9 aromatic carbocycles. The summed E-state index contributed by atoms with van der Waals surface area (Å²) in [5.41, 5.74) is 17.5. The molecule has 0 aliphatic heterocycles. The summed E-state index contributed by atoms with van der Waals surface area (Å²) in [7, 11) is 0.